The van der Waals surface area contributed by atoms with Gasteiger partial charge in [-0.1, -0.05) is 35.1 Å². The molecule has 3 aromatic rings. The lowest BCUT2D eigenvalue weighted by Gasteiger charge is -2.36. The van der Waals surface area contributed by atoms with E-state index in [4.69, 9.17) is 16.3 Å². The molecule has 0 aliphatic carbocycles. The number of nitrogens with one attached hydrogen (secondary N) is 1. The Morgan fingerprint density at radius 3 is 2.74 bits per heavy atom. The molecule has 1 aliphatic heterocycles. The monoisotopic (exact) mass is 458 g/mol. The van der Waals surface area contributed by atoms with Gasteiger partial charge in [-0.25, -0.2) is 4.98 Å². The Morgan fingerprint density at radius 2 is 1.97 bits per heavy atom. The molecule has 31 heavy (non-hydrogen) atoms. The number of fused-ring (bicyclic) bond motifs is 1. The first kappa shape index (κ1) is 21.9. The van der Waals surface area contributed by atoms with Crippen LogP contribution in [0.25, 0.3) is 10.2 Å². The van der Waals surface area contributed by atoms with Gasteiger partial charge in [0, 0.05) is 32.6 Å². The van der Waals surface area contributed by atoms with Gasteiger partial charge < -0.3 is 15.0 Å². The molecule has 1 aromatic heterocycles. The van der Waals surface area contributed by atoms with E-state index < -0.39 is 0 Å². The Labute approximate surface area is 191 Å². The van der Waals surface area contributed by atoms with E-state index in [9.17, 15) is 4.79 Å². The summed E-state index contributed by atoms with van der Waals surface area (Å²) in [6.07, 6.45) is 2.39. The minimum absolute atomic E-state index is 0.0227. The number of anilines is 2. The van der Waals surface area contributed by atoms with Gasteiger partial charge in [0.25, 0.3) is 0 Å². The van der Waals surface area contributed by atoms with Crippen molar-refractivity contribution < 1.29 is 9.53 Å². The lowest BCUT2D eigenvalue weighted by atomic mass is 10.2. The van der Waals surface area contributed by atoms with E-state index in [0.717, 1.165) is 72.2 Å². The second-order valence-electron chi connectivity index (χ2n) is 7.64. The molecule has 4 rings (SSSR count). The minimum Gasteiger partial charge on any atom is -0.497 e. The van der Waals surface area contributed by atoms with Crippen molar-refractivity contribution in [2.24, 2.45) is 0 Å². The molecule has 164 valence electrons. The van der Waals surface area contributed by atoms with Crippen molar-refractivity contribution in [2.45, 2.75) is 19.3 Å². The number of halogens is 1. The molecular weight excluding hydrogens is 432 g/mol. The van der Waals surface area contributed by atoms with Crippen LogP contribution in [0.1, 0.15) is 19.3 Å². The van der Waals surface area contributed by atoms with E-state index in [-0.39, 0.29) is 5.91 Å². The fraction of sp³-hybridized carbons (Fsp3) is 0.391. The Morgan fingerprint density at radius 1 is 1.16 bits per heavy atom. The standard InChI is InChI=1S/C23H27ClN4O2S/c1-30-17-9-10-19-21(16-17)31-23(25-19)26-22(29)8-4-5-11-27-12-14-28(15-13-27)20-7-3-2-6-18(20)24/h2-3,6-7,9-10,16H,4-5,8,11-15H2,1H3,(H,25,26,29). The molecule has 8 heteroatoms. The summed E-state index contributed by atoms with van der Waals surface area (Å²) in [5, 5.41) is 4.39. The summed E-state index contributed by atoms with van der Waals surface area (Å²) in [5.74, 6) is 0.816. The molecule has 1 saturated heterocycles. The lowest BCUT2D eigenvalue weighted by molar-refractivity contribution is -0.116. The van der Waals surface area contributed by atoms with E-state index in [1.54, 1.807) is 7.11 Å². The molecule has 1 aliphatic rings. The molecule has 6 nitrogen and oxygen atoms in total. The Bertz CT molecular complexity index is 1030. The highest BCUT2D eigenvalue weighted by Crippen LogP contribution is 2.29. The Hall–Kier alpha value is -2.35. The average Bonchev–Trinajstić information content (AvgIpc) is 3.18. The summed E-state index contributed by atoms with van der Waals surface area (Å²) in [6, 6.07) is 13.7. The van der Waals surface area contributed by atoms with Crippen LogP contribution in [0.5, 0.6) is 5.75 Å². The zero-order chi connectivity index (χ0) is 21.6. The number of carbonyl (C=O) groups excluding carboxylic acids is 1. The van der Waals surface area contributed by atoms with E-state index in [1.807, 2.05) is 36.4 Å². The fourth-order valence-corrected chi connectivity index (χ4v) is 4.97. The SMILES string of the molecule is COc1ccc2nc(NC(=O)CCCCN3CCN(c4ccccc4Cl)CC3)sc2c1. The van der Waals surface area contributed by atoms with Gasteiger partial charge >= 0.3 is 0 Å². The largest absolute Gasteiger partial charge is 0.497 e. The molecule has 1 N–H and O–H groups in total. The average molecular weight is 459 g/mol. The minimum atomic E-state index is 0.0227. The van der Waals surface area contributed by atoms with Crippen molar-refractivity contribution in [3.63, 3.8) is 0 Å². The number of rotatable bonds is 8. The molecule has 1 amide bonds. The zero-order valence-electron chi connectivity index (χ0n) is 17.6. The summed E-state index contributed by atoms with van der Waals surface area (Å²) in [4.78, 5) is 21.6. The third-order valence-electron chi connectivity index (χ3n) is 5.54. The first-order chi connectivity index (χ1) is 15.1. The number of para-hydroxylation sites is 1. The number of piperazine rings is 1. The highest BCUT2D eigenvalue weighted by atomic mass is 35.5. The summed E-state index contributed by atoms with van der Waals surface area (Å²) in [7, 11) is 1.64. The maximum absolute atomic E-state index is 12.3. The number of hydrogen-bond acceptors (Lipinski definition) is 6. The van der Waals surface area contributed by atoms with Crippen molar-refractivity contribution in [1.29, 1.82) is 0 Å². The van der Waals surface area contributed by atoms with Crippen LogP contribution in [-0.2, 0) is 4.79 Å². The predicted octanol–water partition coefficient (Wildman–Crippen LogP) is 4.89. The van der Waals surface area contributed by atoms with E-state index >= 15 is 0 Å². The van der Waals surface area contributed by atoms with Crippen LogP contribution < -0.4 is 15.0 Å². The van der Waals surface area contributed by atoms with Crippen LogP contribution in [0.15, 0.2) is 42.5 Å². The number of methoxy groups -OCH3 is 1. The number of thiazole rings is 1. The lowest BCUT2D eigenvalue weighted by Crippen LogP contribution is -2.46. The van der Waals surface area contributed by atoms with E-state index in [0.29, 0.717) is 11.6 Å². The number of hydrogen-bond donors (Lipinski definition) is 1. The van der Waals surface area contributed by atoms with Crippen molar-refractivity contribution in [1.82, 2.24) is 9.88 Å². The van der Waals surface area contributed by atoms with E-state index in [1.165, 1.54) is 11.3 Å². The number of benzene rings is 2. The molecule has 2 aromatic carbocycles. The third-order valence-corrected chi connectivity index (χ3v) is 6.79. The zero-order valence-corrected chi connectivity index (χ0v) is 19.2. The maximum atomic E-state index is 12.3. The Balaban J connectivity index is 1.16. The molecular formula is C23H27ClN4O2S. The molecule has 0 unspecified atom stereocenters. The second-order valence-corrected chi connectivity index (χ2v) is 9.08. The highest BCUT2D eigenvalue weighted by molar-refractivity contribution is 7.22. The molecule has 2 heterocycles. The van der Waals surface area contributed by atoms with Crippen LogP contribution in [-0.4, -0.2) is 55.6 Å². The fourth-order valence-electron chi connectivity index (χ4n) is 3.81. The van der Waals surface area contributed by atoms with Gasteiger partial charge in [-0.05, 0) is 49.7 Å². The quantitative estimate of drug-likeness (QED) is 0.487. The van der Waals surface area contributed by atoms with Gasteiger partial charge in [0.15, 0.2) is 5.13 Å². The first-order valence-corrected chi connectivity index (χ1v) is 11.8. The smallest absolute Gasteiger partial charge is 0.226 e. The number of aromatic nitrogens is 1. The number of carbonyl (C=O) groups is 1. The van der Waals surface area contributed by atoms with Gasteiger partial charge in [0.05, 0.1) is 28.0 Å². The molecule has 0 saturated carbocycles. The van der Waals surface area contributed by atoms with Crippen LogP contribution in [0.4, 0.5) is 10.8 Å². The van der Waals surface area contributed by atoms with Crippen molar-refractivity contribution >= 4 is 49.9 Å². The maximum Gasteiger partial charge on any atom is 0.226 e. The summed E-state index contributed by atoms with van der Waals surface area (Å²) < 4.78 is 6.25. The first-order valence-electron chi connectivity index (χ1n) is 10.6. The molecule has 0 spiro atoms. The topological polar surface area (TPSA) is 57.7 Å². The molecule has 0 bridgehead atoms. The van der Waals surface area contributed by atoms with E-state index in [2.05, 4.69) is 26.2 Å². The number of ether oxygens (including phenoxy) is 1. The van der Waals surface area contributed by atoms with Crippen molar-refractivity contribution in [2.75, 3.05) is 50.1 Å². The summed E-state index contributed by atoms with van der Waals surface area (Å²) in [5.41, 5.74) is 1.99. The number of unbranched alkanes of at least 4 members (excludes halogenated alkanes) is 1. The van der Waals surface area contributed by atoms with Crippen LogP contribution >= 0.6 is 22.9 Å². The van der Waals surface area contributed by atoms with Gasteiger partial charge in [-0.15, -0.1) is 0 Å². The summed E-state index contributed by atoms with van der Waals surface area (Å²) in [6.45, 7) is 5.02. The second kappa shape index (κ2) is 10.3. The van der Waals surface area contributed by atoms with Crippen LogP contribution in [0.2, 0.25) is 5.02 Å². The normalized spacial score (nSPS) is 14.7. The van der Waals surface area contributed by atoms with Gasteiger partial charge in [-0.3, -0.25) is 9.69 Å². The van der Waals surface area contributed by atoms with Gasteiger partial charge in [0.1, 0.15) is 5.75 Å². The third kappa shape index (κ3) is 5.67. The van der Waals surface area contributed by atoms with Crippen LogP contribution in [0.3, 0.4) is 0 Å². The van der Waals surface area contributed by atoms with Crippen molar-refractivity contribution in [3.8, 4) is 5.75 Å². The Kier molecular flexibility index (Phi) is 7.27. The van der Waals surface area contributed by atoms with Crippen LogP contribution in [0, 0.1) is 0 Å². The number of nitrogens with zero attached hydrogens (tertiary/aromatic N) is 3. The van der Waals surface area contributed by atoms with Gasteiger partial charge in [-0.2, -0.15) is 0 Å². The number of amides is 1. The summed E-state index contributed by atoms with van der Waals surface area (Å²) >= 11 is 7.79. The molecule has 0 atom stereocenters. The molecule has 1 fully saturated rings. The highest BCUT2D eigenvalue weighted by Gasteiger charge is 2.18. The van der Waals surface area contributed by atoms with Gasteiger partial charge in [0.2, 0.25) is 5.91 Å². The predicted molar refractivity (Wildman–Crippen MR) is 129 cm³/mol. The molecule has 0 radical (unpaired) electrons. The van der Waals surface area contributed by atoms with Crippen molar-refractivity contribution in [3.05, 3.63) is 47.5 Å².